The summed E-state index contributed by atoms with van der Waals surface area (Å²) in [5.41, 5.74) is 3.20. The quantitative estimate of drug-likeness (QED) is 0.902. The average Bonchev–Trinajstić information content (AvgIpc) is 2.44. The predicted octanol–water partition coefficient (Wildman–Crippen LogP) is 4.21. The summed E-state index contributed by atoms with van der Waals surface area (Å²) < 4.78 is 19.1. The summed E-state index contributed by atoms with van der Waals surface area (Å²) in [6.45, 7) is 2.01. The fourth-order valence-electron chi connectivity index (χ4n) is 2.30. The Morgan fingerprint density at radius 3 is 2.35 bits per heavy atom. The summed E-state index contributed by atoms with van der Waals surface area (Å²) in [7, 11) is 3.55. The summed E-state index contributed by atoms with van der Waals surface area (Å²) >= 11 is 3.23. The summed E-state index contributed by atoms with van der Waals surface area (Å²) in [5, 5.41) is 3.26. The van der Waals surface area contributed by atoms with Crippen molar-refractivity contribution >= 4 is 15.9 Å². The molecular formula is C16H17BrFNO. The van der Waals surface area contributed by atoms with Crippen molar-refractivity contribution in [1.82, 2.24) is 5.32 Å². The van der Waals surface area contributed by atoms with Crippen LogP contribution in [0.25, 0.3) is 0 Å². The van der Waals surface area contributed by atoms with Gasteiger partial charge in [-0.05, 0) is 64.8 Å². The zero-order valence-electron chi connectivity index (χ0n) is 11.7. The normalized spacial score (nSPS) is 12.2. The standard InChI is InChI=1S/C16H17BrFNO/c1-10-8-11(5-7-15(10)20-3)16(19-2)12-4-6-14(18)13(17)9-12/h4-9,16,19H,1-3H3. The first-order valence-corrected chi connectivity index (χ1v) is 7.13. The average molecular weight is 338 g/mol. The summed E-state index contributed by atoms with van der Waals surface area (Å²) in [6.07, 6.45) is 0. The molecule has 2 nitrogen and oxygen atoms in total. The summed E-state index contributed by atoms with van der Waals surface area (Å²) in [5.74, 6) is 0.610. The highest BCUT2D eigenvalue weighted by molar-refractivity contribution is 9.10. The van der Waals surface area contributed by atoms with Gasteiger partial charge >= 0.3 is 0 Å². The van der Waals surface area contributed by atoms with Crippen LogP contribution >= 0.6 is 15.9 Å². The van der Waals surface area contributed by atoms with E-state index in [1.807, 2.05) is 26.1 Å². The molecule has 0 heterocycles. The molecule has 0 spiro atoms. The van der Waals surface area contributed by atoms with Crippen LogP contribution in [0.2, 0.25) is 0 Å². The third-order valence-corrected chi connectivity index (χ3v) is 3.93. The number of benzene rings is 2. The van der Waals surface area contributed by atoms with E-state index in [4.69, 9.17) is 4.74 Å². The van der Waals surface area contributed by atoms with Crippen molar-refractivity contribution < 1.29 is 9.13 Å². The maximum Gasteiger partial charge on any atom is 0.137 e. The molecule has 0 aliphatic rings. The number of aryl methyl sites for hydroxylation is 1. The summed E-state index contributed by atoms with van der Waals surface area (Å²) in [4.78, 5) is 0. The Bertz CT molecular complexity index is 615. The molecule has 0 fully saturated rings. The van der Waals surface area contributed by atoms with E-state index in [9.17, 15) is 4.39 Å². The zero-order valence-corrected chi connectivity index (χ0v) is 13.3. The van der Waals surface area contributed by atoms with Gasteiger partial charge in [0.25, 0.3) is 0 Å². The second-order valence-electron chi connectivity index (χ2n) is 4.62. The van der Waals surface area contributed by atoms with E-state index < -0.39 is 0 Å². The first kappa shape index (κ1) is 15.0. The van der Waals surface area contributed by atoms with Gasteiger partial charge in [0.05, 0.1) is 17.6 Å². The third kappa shape index (κ3) is 3.02. The maximum absolute atomic E-state index is 13.3. The molecule has 1 unspecified atom stereocenters. The van der Waals surface area contributed by atoms with Crippen molar-refractivity contribution in [1.29, 1.82) is 0 Å². The van der Waals surface area contributed by atoms with E-state index in [2.05, 4.69) is 27.3 Å². The second-order valence-corrected chi connectivity index (χ2v) is 5.48. The molecule has 4 heteroatoms. The molecule has 20 heavy (non-hydrogen) atoms. The van der Waals surface area contributed by atoms with Crippen LogP contribution in [0.3, 0.4) is 0 Å². The molecule has 0 saturated carbocycles. The lowest BCUT2D eigenvalue weighted by Crippen LogP contribution is -2.18. The summed E-state index contributed by atoms with van der Waals surface area (Å²) in [6, 6.07) is 11.1. The van der Waals surface area contributed by atoms with E-state index in [0.29, 0.717) is 4.47 Å². The fourth-order valence-corrected chi connectivity index (χ4v) is 2.70. The van der Waals surface area contributed by atoms with Crippen LogP contribution < -0.4 is 10.1 Å². The lowest BCUT2D eigenvalue weighted by Gasteiger charge is -2.19. The van der Waals surface area contributed by atoms with Gasteiger partial charge < -0.3 is 10.1 Å². The van der Waals surface area contributed by atoms with Gasteiger partial charge in [-0.2, -0.15) is 0 Å². The number of rotatable bonds is 4. The molecule has 0 aromatic heterocycles. The Morgan fingerprint density at radius 2 is 1.80 bits per heavy atom. The van der Waals surface area contributed by atoms with E-state index in [1.165, 1.54) is 6.07 Å². The molecule has 0 amide bonds. The molecule has 0 aliphatic heterocycles. The lowest BCUT2D eigenvalue weighted by atomic mass is 9.97. The molecule has 0 bridgehead atoms. The Morgan fingerprint density at radius 1 is 1.15 bits per heavy atom. The van der Waals surface area contributed by atoms with Crippen molar-refractivity contribution in [3.8, 4) is 5.75 Å². The highest BCUT2D eigenvalue weighted by Gasteiger charge is 2.14. The topological polar surface area (TPSA) is 21.3 Å². The van der Waals surface area contributed by atoms with Gasteiger partial charge in [0.2, 0.25) is 0 Å². The lowest BCUT2D eigenvalue weighted by molar-refractivity contribution is 0.411. The SMILES string of the molecule is CNC(c1ccc(OC)c(C)c1)c1ccc(F)c(Br)c1. The number of methoxy groups -OCH3 is 1. The van der Waals surface area contributed by atoms with Gasteiger partial charge in [-0.15, -0.1) is 0 Å². The van der Waals surface area contributed by atoms with Crippen molar-refractivity contribution in [3.63, 3.8) is 0 Å². The number of halogens is 2. The Balaban J connectivity index is 2.41. The molecule has 2 aromatic carbocycles. The maximum atomic E-state index is 13.3. The van der Waals surface area contributed by atoms with Crippen LogP contribution in [-0.4, -0.2) is 14.2 Å². The molecule has 1 atom stereocenters. The number of ether oxygens (including phenoxy) is 1. The molecule has 2 aromatic rings. The monoisotopic (exact) mass is 337 g/mol. The van der Waals surface area contributed by atoms with Gasteiger partial charge in [-0.3, -0.25) is 0 Å². The first-order chi connectivity index (χ1) is 9.56. The molecule has 2 rings (SSSR count). The Labute approximate surface area is 127 Å². The van der Waals surface area contributed by atoms with Gasteiger partial charge in [-0.25, -0.2) is 4.39 Å². The Kier molecular flexibility index (Phi) is 4.78. The van der Waals surface area contributed by atoms with E-state index in [1.54, 1.807) is 19.2 Å². The third-order valence-electron chi connectivity index (χ3n) is 3.32. The number of nitrogens with one attached hydrogen (secondary N) is 1. The minimum Gasteiger partial charge on any atom is -0.496 e. The van der Waals surface area contributed by atoms with Crippen molar-refractivity contribution in [3.05, 3.63) is 63.4 Å². The van der Waals surface area contributed by atoms with Crippen molar-refractivity contribution in [2.24, 2.45) is 0 Å². The minimum absolute atomic E-state index is 0.0107. The highest BCUT2D eigenvalue weighted by Crippen LogP contribution is 2.28. The van der Waals surface area contributed by atoms with Crippen molar-refractivity contribution in [2.45, 2.75) is 13.0 Å². The van der Waals surface area contributed by atoms with Crippen LogP contribution in [0.15, 0.2) is 40.9 Å². The van der Waals surface area contributed by atoms with Gasteiger partial charge in [-0.1, -0.05) is 18.2 Å². The highest BCUT2D eigenvalue weighted by atomic mass is 79.9. The van der Waals surface area contributed by atoms with Crippen LogP contribution in [-0.2, 0) is 0 Å². The molecule has 0 radical (unpaired) electrons. The van der Waals surface area contributed by atoms with Gasteiger partial charge in [0.1, 0.15) is 11.6 Å². The smallest absolute Gasteiger partial charge is 0.137 e. The zero-order chi connectivity index (χ0) is 14.7. The van der Waals surface area contributed by atoms with Crippen LogP contribution in [0.4, 0.5) is 4.39 Å². The largest absolute Gasteiger partial charge is 0.496 e. The number of hydrogen-bond acceptors (Lipinski definition) is 2. The number of hydrogen-bond donors (Lipinski definition) is 1. The van der Waals surface area contributed by atoms with E-state index in [-0.39, 0.29) is 11.9 Å². The predicted molar refractivity (Wildman–Crippen MR) is 82.7 cm³/mol. The molecule has 106 valence electrons. The van der Waals surface area contributed by atoms with E-state index >= 15 is 0 Å². The first-order valence-electron chi connectivity index (χ1n) is 6.33. The fraction of sp³-hybridized carbons (Fsp3) is 0.250. The second kappa shape index (κ2) is 6.37. The van der Waals surface area contributed by atoms with Crippen LogP contribution in [0.5, 0.6) is 5.75 Å². The van der Waals surface area contributed by atoms with Crippen molar-refractivity contribution in [2.75, 3.05) is 14.2 Å². The van der Waals surface area contributed by atoms with Gasteiger partial charge in [0, 0.05) is 0 Å². The minimum atomic E-state index is -0.255. The van der Waals surface area contributed by atoms with Crippen LogP contribution in [0, 0.1) is 12.7 Å². The van der Waals surface area contributed by atoms with Crippen LogP contribution in [0.1, 0.15) is 22.7 Å². The molecular weight excluding hydrogens is 321 g/mol. The molecule has 0 saturated heterocycles. The Hall–Kier alpha value is -1.39. The van der Waals surface area contributed by atoms with Gasteiger partial charge in [0.15, 0.2) is 0 Å². The molecule has 1 N–H and O–H groups in total. The van der Waals surface area contributed by atoms with E-state index in [0.717, 1.165) is 22.4 Å². The molecule has 0 aliphatic carbocycles.